The number of amides is 1. The monoisotopic (exact) mass is 656 g/mol. The number of rotatable bonds is 9. The van der Waals surface area contributed by atoms with E-state index in [2.05, 4.69) is 10.2 Å². The van der Waals surface area contributed by atoms with Crippen molar-refractivity contribution in [2.24, 2.45) is 34.5 Å². The van der Waals surface area contributed by atoms with Crippen molar-refractivity contribution in [2.45, 2.75) is 88.1 Å². The van der Waals surface area contributed by atoms with Crippen molar-refractivity contribution in [3.63, 3.8) is 0 Å². The topological polar surface area (TPSA) is 153 Å². The number of anilines is 1. The number of benzene rings is 1. The van der Waals surface area contributed by atoms with E-state index in [1.54, 1.807) is 45.6 Å². The van der Waals surface area contributed by atoms with E-state index >= 15 is 0 Å². The number of likely N-dealkylation sites (tertiary alicyclic amines) is 1. The number of aliphatic hydroxyl groups is 2. The van der Waals surface area contributed by atoms with Gasteiger partial charge in [0.2, 0.25) is 5.91 Å². The molecule has 5 aliphatic carbocycles. The quantitative estimate of drug-likeness (QED) is 0.335. The van der Waals surface area contributed by atoms with Gasteiger partial charge < -0.3 is 39.2 Å². The molecule has 1 aromatic carbocycles. The molecule has 5 saturated carbocycles. The molecule has 13 atom stereocenters. The Balaban J connectivity index is 1.37. The number of methoxy groups -OCH3 is 3. The summed E-state index contributed by atoms with van der Waals surface area (Å²) in [6.07, 6.45) is -0.104. The minimum Gasteiger partial charge on any atom is -0.462 e. The van der Waals surface area contributed by atoms with Gasteiger partial charge in [-0.1, -0.05) is 19.1 Å². The van der Waals surface area contributed by atoms with Crippen LogP contribution in [0.2, 0.25) is 0 Å². The molecule has 12 nitrogen and oxygen atoms in total. The number of carbonyl (C=O) groups excluding carboxylic acids is 3. The highest BCUT2D eigenvalue weighted by Crippen LogP contribution is 2.80. The van der Waals surface area contributed by atoms with Crippen molar-refractivity contribution in [1.82, 2.24) is 4.90 Å². The number of ether oxygens (including phenoxy) is 5. The minimum absolute atomic E-state index is 0.0512. The first-order valence-corrected chi connectivity index (χ1v) is 16.9. The predicted octanol–water partition coefficient (Wildman–Crippen LogP) is 2.01. The van der Waals surface area contributed by atoms with Crippen molar-refractivity contribution in [1.29, 1.82) is 0 Å². The molecule has 1 heterocycles. The van der Waals surface area contributed by atoms with E-state index in [9.17, 15) is 24.6 Å². The van der Waals surface area contributed by atoms with E-state index in [0.717, 1.165) is 0 Å². The standard InChI is InChI=1S/C35H48N2O10/c1-7-37-16-32(17-46-30(40)20-10-8-9-11-23(20)36-18(2)38)13-12-25(44-5)34-22-14-21-24(43-4)15-33(41,26(22)27(21)47-19(3)39)35(42,31(34)37)29(45-6)28(32)34/h8-11,21-22,24-29,31,41-42H,7,12-17H2,1-6H3,(H,36,38)/t21-,22-,24+,25?,26-,27+,28-,29+,31+,32+,33-,34+,35+/m1/s1. The summed E-state index contributed by atoms with van der Waals surface area (Å²) in [5, 5.41) is 29.3. The number of carbonyl (C=O) groups is 3. The third-order valence-electron chi connectivity index (χ3n) is 13.3. The number of fused-ring (bicyclic) bond motifs is 2. The van der Waals surface area contributed by atoms with E-state index in [4.69, 9.17) is 23.7 Å². The molecule has 1 spiro atoms. The zero-order chi connectivity index (χ0) is 33.7. The van der Waals surface area contributed by atoms with E-state index in [1.807, 2.05) is 6.92 Å². The summed E-state index contributed by atoms with van der Waals surface area (Å²) in [7, 11) is 4.89. The summed E-state index contributed by atoms with van der Waals surface area (Å²) in [6, 6.07) is 6.24. The SMILES string of the molecule is CCN1C[C@]2(COC(=O)c3ccccc3NC(C)=O)CCC(OC)[C@@]34[C@@H]5C[C@H]6[C@H](OC(C)=O)[C@@H]5[C@](O)(C[C@@H]6OC)[C@](O)([C@@H](OC)[C@H]23)[C@@H]14. The maximum Gasteiger partial charge on any atom is 0.340 e. The summed E-state index contributed by atoms with van der Waals surface area (Å²) in [6.45, 7) is 5.97. The Labute approximate surface area is 275 Å². The maximum absolute atomic E-state index is 13.7. The zero-order valence-electron chi connectivity index (χ0n) is 28.1. The molecule has 1 aliphatic heterocycles. The fourth-order valence-electron chi connectivity index (χ4n) is 12.3. The van der Waals surface area contributed by atoms with Gasteiger partial charge in [0.05, 0.1) is 42.2 Å². The Morgan fingerprint density at radius 2 is 1.81 bits per heavy atom. The molecule has 12 heteroatoms. The van der Waals surface area contributed by atoms with E-state index in [-0.39, 0.29) is 48.4 Å². The molecule has 1 aromatic rings. The van der Waals surface area contributed by atoms with Crippen LogP contribution in [0.4, 0.5) is 5.69 Å². The summed E-state index contributed by atoms with van der Waals surface area (Å²) in [4.78, 5) is 40.4. The lowest BCUT2D eigenvalue weighted by atomic mass is 9.42. The lowest BCUT2D eigenvalue weighted by Crippen LogP contribution is -2.82. The first-order chi connectivity index (χ1) is 22.4. The summed E-state index contributed by atoms with van der Waals surface area (Å²) < 4.78 is 31.0. The first-order valence-electron chi connectivity index (χ1n) is 16.9. The van der Waals surface area contributed by atoms with Gasteiger partial charge in [0.1, 0.15) is 17.3 Å². The van der Waals surface area contributed by atoms with Crippen LogP contribution in [0.15, 0.2) is 24.3 Å². The number of para-hydroxylation sites is 1. The average Bonchev–Trinajstić information content (AvgIpc) is 3.42. The van der Waals surface area contributed by atoms with Gasteiger partial charge in [-0.15, -0.1) is 0 Å². The fourth-order valence-corrected chi connectivity index (χ4v) is 12.3. The molecule has 1 saturated heterocycles. The Bertz CT molecular complexity index is 1460. The van der Waals surface area contributed by atoms with Crippen LogP contribution < -0.4 is 5.32 Å². The molecule has 6 aliphatic rings. The van der Waals surface area contributed by atoms with Gasteiger partial charge in [0, 0.05) is 76.7 Å². The molecule has 1 amide bonds. The third-order valence-corrected chi connectivity index (χ3v) is 13.3. The largest absolute Gasteiger partial charge is 0.462 e. The van der Waals surface area contributed by atoms with Crippen molar-refractivity contribution in [2.75, 3.05) is 46.3 Å². The molecule has 0 radical (unpaired) electrons. The van der Waals surface area contributed by atoms with Crippen LogP contribution in [0.3, 0.4) is 0 Å². The number of nitrogens with one attached hydrogen (secondary N) is 1. The minimum atomic E-state index is -1.78. The van der Waals surface area contributed by atoms with Gasteiger partial charge in [-0.2, -0.15) is 0 Å². The number of nitrogens with zero attached hydrogens (tertiary/aromatic N) is 1. The second-order valence-electron chi connectivity index (χ2n) is 14.9. The molecule has 3 N–H and O–H groups in total. The highest BCUT2D eigenvalue weighted by atomic mass is 16.6. The van der Waals surface area contributed by atoms with Crippen LogP contribution in [0.5, 0.6) is 0 Å². The normalized spacial score (nSPS) is 45.7. The number of hydrogen-bond donors (Lipinski definition) is 3. The fraction of sp³-hybridized carbons (Fsp3) is 0.743. The van der Waals surface area contributed by atoms with Crippen molar-refractivity contribution in [3.8, 4) is 0 Å². The lowest BCUT2D eigenvalue weighted by molar-refractivity contribution is -0.319. The zero-order valence-corrected chi connectivity index (χ0v) is 28.1. The molecule has 47 heavy (non-hydrogen) atoms. The number of esters is 2. The van der Waals surface area contributed by atoms with Gasteiger partial charge in [0.25, 0.3) is 0 Å². The van der Waals surface area contributed by atoms with Gasteiger partial charge >= 0.3 is 11.9 Å². The maximum atomic E-state index is 13.7. The molecule has 1 unspecified atom stereocenters. The predicted molar refractivity (Wildman–Crippen MR) is 167 cm³/mol. The van der Waals surface area contributed by atoms with Crippen LogP contribution in [-0.4, -0.2) is 116 Å². The van der Waals surface area contributed by atoms with Crippen LogP contribution in [0.25, 0.3) is 0 Å². The first kappa shape index (κ1) is 32.9. The van der Waals surface area contributed by atoms with Crippen molar-refractivity contribution in [3.05, 3.63) is 29.8 Å². The van der Waals surface area contributed by atoms with Crippen molar-refractivity contribution >= 4 is 23.5 Å². The highest BCUT2D eigenvalue weighted by molar-refractivity contribution is 6.00. The molecule has 7 rings (SSSR count). The molecular formula is C35H48N2O10. The van der Waals surface area contributed by atoms with E-state index in [1.165, 1.54) is 13.8 Å². The molecule has 258 valence electrons. The summed E-state index contributed by atoms with van der Waals surface area (Å²) in [5.41, 5.74) is -4.23. The number of hydrogen-bond acceptors (Lipinski definition) is 11. The van der Waals surface area contributed by atoms with E-state index in [0.29, 0.717) is 38.0 Å². The molecular weight excluding hydrogens is 608 g/mol. The molecule has 0 aromatic heterocycles. The van der Waals surface area contributed by atoms with Crippen LogP contribution in [-0.2, 0) is 33.3 Å². The second kappa shape index (κ2) is 11.2. The second-order valence-corrected chi connectivity index (χ2v) is 14.9. The van der Waals surface area contributed by atoms with E-state index < -0.39 is 64.2 Å². The summed E-state index contributed by atoms with van der Waals surface area (Å²) >= 11 is 0. The van der Waals surface area contributed by atoms with Crippen LogP contribution in [0.1, 0.15) is 56.8 Å². The highest BCUT2D eigenvalue weighted by Gasteiger charge is 2.92. The Kier molecular flexibility index (Phi) is 7.85. The summed E-state index contributed by atoms with van der Waals surface area (Å²) in [5.74, 6) is -2.57. The lowest BCUT2D eigenvalue weighted by Gasteiger charge is -2.70. The van der Waals surface area contributed by atoms with Crippen molar-refractivity contribution < 1.29 is 48.3 Å². The van der Waals surface area contributed by atoms with Crippen LogP contribution in [0, 0.1) is 34.5 Å². The Morgan fingerprint density at radius 3 is 2.45 bits per heavy atom. The van der Waals surface area contributed by atoms with Gasteiger partial charge in [0.15, 0.2) is 0 Å². The number of likely N-dealkylation sites (N-methyl/N-ethyl adjacent to an activating group) is 1. The molecule has 6 fully saturated rings. The Hall–Kier alpha value is -2.61. The molecule has 7 bridgehead atoms. The van der Waals surface area contributed by atoms with Crippen LogP contribution >= 0.6 is 0 Å². The average molecular weight is 657 g/mol. The van der Waals surface area contributed by atoms with Gasteiger partial charge in [-0.3, -0.25) is 14.5 Å². The Morgan fingerprint density at radius 1 is 1.06 bits per heavy atom. The number of piperidine rings is 1. The smallest absolute Gasteiger partial charge is 0.340 e. The van der Waals surface area contributed by atoms with Gasteiger partial charge in [-0.05, 0) is 43.9 Å². The van der Waals surface area contributed by atoms with Gasteiger partial charge in [-0.25, -0.2) is 4.79 Å². The third kappa shape index (κ3) is 4.06.